The number of aliphatic imine (C=N–C) groups is 1. The number of hydrogen-bond donors (Lipinski definition) is 3. The molecule has 13 heavy (non-hydrogen) atoms. The summed E-state index contributed by atoms with van der Waals surface area (Å²) in [7, 11) is 0. The minimum atomic E-state index is 0.554. The second-order valence-electron chi connectivity index (χ2n) is 2.37. The highest BCUT2D eigenvalue weighted by Crippen LogP contribution is 2.07. The van der Waals surface area contributed by atoms with Crippen LogP contribution in [0, 0.1) is 0 Å². The first-order valence-electron chi connectivity index (χ1n) is 3.99. The Bertz CT molecular complexity index is 288. The van der Waals surface area contributed by atoms with Gasteiger partial charge in [-0.1, -0.05) is 6.58 Å². The van der Waals surface area contributed by atoms with Gasteiger partial charge in [0, 0.05) is 12.8 Å². The van der Waals surface area contributed by atoms with Crippen molar-refractivity contribution in [1.82, 2.24) is 10.2 Å². The van der Waals surface area contributed by atoms with E-state index in [1.807, 2.05) is 0 Å². The van der Waals surface area contributed by atoms with Crippen LogP contribution in [0.3, 0.4) is 0 Å². The fourth-order valence-corrected chi connectivity index (χ4v) is 0.848. The normalized spacial score (nSPS) is 10.5. The van der Waals surface area contributed by atoms with Gasteiger partial charge in [0.25, 0.3) is 0 Å². The molecule has 0 aromatic carbocycles. The average molecular weight is 179 g/mol. The van der Waals surface area contributed by atoms with Crippen molar-refractivity contribution >= 4 is 12.0 Å². The molecule has 0 atom stereocenters. The number of nitrogens with two attached hydrogens (primary N) is 1. The zero-order valence-electron chi connectivity index (χ0n) is 7.33. The first-order chi connectivity index (χ1) is 6.38. The lowest BCUT2D eigenvalue weighted by molar-refractivity contribution is 0.981. The second-order valence-corrected chi connectivity index (χ2v) is 2.37. The number of rotatable bonds is 5. The van der Waals surface area contributed by atoms with Crippen molar-refractivity contribution in [3.8, 4) is 0 Å². The maximum Gasteiger partial charge on any atom is 0.134 e. The van der Waals surface area contributed by atoms with Crippen molar-refractivity contribution < 1.29 is 0 Å². The van der Waals surface area contributed by atoms with E-state index < -0.39 is 0 Å². The van der Waals surface area contributed by atoms with Gasteiger partial charge < -0.3 is 11.1 Å². The van der Waals surface area contributed by atoms with Crippen molar-refractivity contribution in [3.63, 3.8) is 0 Å². The molecule has 0 fully saturated rings. The summed E-state index contributed by atoms with van der Waals surface area (Å²) in [5.74, 6) is 0.788. The predicted molar refractivity (Wildman–Crippen MR) is 53.9 cm³/mol. The molecule has 70 valence electrons. The van der Waals surface area contributed by atoms with Crippen LogP contribution in [0.2, 0.25) is 0 Å². The molecule has 0 radical (unpaired) electrons. The topological polar surface area (TPSA) is 79.1 Å². The van der Waals surface area contributed by atoms with Gasteiger partial charge in [-0.2, -0.15) is 5.10 Å². The van der Waals surface area contributed by atoms with Crippen LogP contribution in [0.1, 0.15) is 5.56 Å². The van der Waals surface area contributed by atoms with Gasteiger partial charge in [0.05, 0.1) is 18.3 Å². The summed E-state index contributed by atoms with van der Waals surface area (Å²) in [6.45, 7) is 4.73. The van der Waals surface area contributed by atoms with E-state index in [2.05, 4.69) is 27.1 Å². The van der Waals surface area contributed by atoms with E-state index in [1.54, 1.807) is 18.6 Å². The molecule has 1 aromatic rings. The third kappa shape index (κ3) is 2.72. The molecule has 4 N–H and O–H groups in total. The van der Waals surface area contributed by atoms with E-state index >= 15 is 0 Å². The van der Waals surface area contributed by atoms with Gasteiger partial charge in [0.2, 0.25) is 0 Å². The largest absolute Gasteiger partial charge is 0.347 e. The lowest BCUT2D eigenvalue weighted by atomic mass is 10.3. The van der Waals surface area contributed by atoms with Crippen molar-refractivity contribution in [2.45, 2.75) is 0 Å². The summed E-state index contributed by atoms with van der Waals surface area (Å²) in [5.41, 5.74) is 6.19. The summed E-state index contributed by atoms with van der Waals surface area (Å²) >= 11 is 0. The number of hydrogen-bond acceptors (Lipinski definition) is 4. The van der Waals surface area contributed by atoms with E-state index in [0.29, 0.717) is 13.1 Å². The van der Waals surface area contributed by atoms with Gasteiger partial charge in [-0.25, -0.2) is 0 Å². The summed E-state index contributed by atoms with van der Waals surface area (Å²) in [5, 5.41) is 9.55. The zero-order valence-corrected chi connectivity index (χ0v) is 7.33. The Hall–Kier alpha value is -1.62. The van der Waals surface area contributed by atoms with Gasteiger partial charge in [-0.15, -0.1) is 0 Å². The van der Waals surface area contributed by atoms with Crippen LogP contribution < -0.4 is 11.1 Å². The van der Waals surface area contributed by atoms with Crippen molar-refractivity contribution in [2.75, 3.05) is 18.4 Å². The molecule has 0 unspecified atom stereocenters. The Morgan fingerprint density at radius 1 is 1.77 bits per heavy atom. The molecule has 0 saturated carbocycles. The minimum absolute atomic E-state index is 0.554. The molecule has 0 aliphatic carbocycles. The quantitative estimate of drug-likeness (QED) is 0.570. The molecule has 0 bridgehead atoms. The van der Waals surface area contributed by atoms with Crippen LogP contribution >= 0.6 is 0 Å². The minimum Gasteiger partial charge on any atom is -0.347 e. The molecule has 0 amide bonds. The van der Waals surface area contributed by atoms with Gasteiger partial charge in [-0.3, -0.25) is 10.1 Å². The lowest BCUT2D eigenvalue weighted by Crippen LogP contribution is -2.02. The Kier molecular flexibility index (Phi) is 3.72. The van der Waals surface area contributed by atoms with Crippen LogP contribution in [-0.2, 0) is 0 Å². The first kappa shape index (κ1) is 9.47. The molecule has 5 nitrogen and oxygen atoms in total. The molecule has 0 aliphatic heterocycles. The Morgan fingerprint density at radius 2 is 2.62 bits per heavy atom. The van der Waals surface area contributed by atoms with Gasteiger partial charge >= 0.3 is 0 Å². The molecule has 0 aliphatic rings. The van der Waals surface area contributed by atoms with Crippen LogP contribution in [-0.4, -0.2) is 29.5 Å². The summed E-state index contributed by atoms with van der Waals surface area (Å²) < 4.78 is 0. The summed E-state index contributed by atoms with van der Waals surface area (Å²) in [4.78, 5) is 4.09. The van der Waals surface area contributed by atoms with E-state index in [4.69, 9.17) is 5.73 Å². The number of nitrogens with zero attached hydrogens (tertiary/aromatic N) is 2. The summed E-state index contributed by atoms with van der Waals surface area (Å²) in [6.07, 6.45) is 4.99. The molecule has 5 heteroatoms. The fourth-order valence-electron chi connectivity index (χ4n) is 0.848. The number of aromatic amines is 1. The Labute approximate surface area is 76.7 Å². The van der Waals surface area contributed by atoms with Crippen molar-refractivity contribution in [1.29, 1.82) is 0 Å². The second kappa shape index (κ2) is 5.10. The van der Waals surface area contributed by atoms with Crippen molar-refractivity contribution in [2.24, 2.45) is 10.7 Å². The molecule has 1 aromatic heterocycles. The van der Waals surface area contributed by atoms with Gasteiger partial charge in [0.15, 0.2) is 0 Å². The van der Waals surface area contributed by atoms with Crippen LogP contribution in [0.5, 0.6) is 0 Å². The maximum absolute atomic E-state index is 5.30. The monoisotopic (exact) mass is 179 g/mol. The molecular weight excluding hydrogens is 166 g/mol. The fraction of sp³-hybridized carbons (Fsp3) is 0.250. The van der Waals surface area contributed by atoms with E-state index in [0.717, 1.165) is 11.4 Å². The SMILES string of the molecule is C=CNc1[nH]ncc1C=NCCN. The predicted octanol–water partition coefficient (Wildman–Crippen LogP) is 0.343. The molecule has 0 saturated heterocycles. The lowest BCUT2D eigenvalue weighted by Gasteiger charge is -1.95. The van der Waals surface area contributed by atoms with E-state index in [-0.39, 0.29) is 0 Å². The smallest absolute Gasteiger partial charge is 0.134 e. The number of H-pyrrole nitrogens is 1. The van der Waals surface area contributed by atoms with Crippen LogP contribution in [0.4, 0.5) is 5.82 Å². The van der Waals surface area contributed by atoms with Crippen LogP contribution in [0.15, 0.2) is 24.0 Å². The number of nitrogens with one attached hydrogen (secondary N) is 2. The third-order valence-corrected chi connectivity index (χ3v) is 1.40. The van der Waals surface area contributed by atoms with E-state index in [9.17, 15) is 0 Å². The highest BCUT2D eigenvalue weighted by atomic mass is 15.2. The highest BCUT2D eigenvalue weighted by molar-refractivity contribution is 5.86. The van der Waals surface area contributed by atoms with Crippen molar-refractivity contribution in [3.05, 3.63) is 24.5 Å². The standard InChI is InChI=1S/C8H13N5/c1-2-11-8-7(6-12-13-8)5-10-4-3-9/h2,5-6H,1,3-4,9H2,(H2,11,12,13). The van der Waals surface area contributed by atoms with Gasteiger partial charge in [-0.05, 0) is 6.20 Å². The third-order valence-electron chi connectivity index (χ3n) is 1.40. The molecule has 1 heterocycles. The van der Waals surface area contributed by atoms with Crippen LogP contribution in [0.25, 0.3) is 0 Å². The molecular formula is C8H13N5. The Balaban J connectivity index is 2.64. The Morgan fingerprint density at radius 3 is 3.31 bits per heavy atom. The summed E-state index contributed by atoms with van der Waals surface area (Å²) in [6, 6.07) is 0. The van der Waals surface area contributed by atoms with E-state index in [1.165, 1.54) is 0 Å². The first-order valence-corrected chi connectivity index (χ1v) is 3.99. The number of aromatic nitrogens is 2. The maximum atomic E-state index is 5.30. The molecule has 1 rings (SSSR count). The number of anilines is 1. The van der Waals surface area contributed by atoms with Gasteiger partial charge in [0.1, 0.15) is 5.82 Å². The average Bonchev–Trinajstić information content (AvgIpc) is 2.54. The molecule has 0 spiro atoms. The highest BCUT2D eigenvalue weighted by Gasteiger charge is 1.98. The zero-order chi connectivity index (χ0) is 9.52.